The first kappa shape index (κ1) is 88.1. The fourth-order valence-corrected chi connectivity index (χ4v) is 16.8. The second kappa shape index (κ2) is 41.6. The first-order chi connectivity index (χ1) is 56.7. The minimum absolute atomic E-state index is 0.599. The van der Waals surface area contributed by atoms with E-state index in [0.717, 1.165) is 79.8 Å². The van der Waals surface area contributed by atoms with Crippen LogP contribution in [0.2, 0.25) is 0 Å². The van der Waals surface area contributed by atoms with E-state index in [1.807, 2.05) is 31.0 Å². The Hall–Kier alpha value is -10.8. The summed E-state index contributed by atoms with van der Waals surface area (Å²) >= 11 is 0. The number of rotatable bonds is 22. The second-order valence-electron chi connectivity index (χ2n) is 35.8. The first-order valence-electron chi connectivity index (χ1n) is 44.1. The van der Waals surface area contributed by atoms with E-state index in [-0.39, 0.29) is 0 Å². The van der Waals surface area contributed by atoms with Gasteiger partial charge in [0.05, 0.1) is 28.5 Å². The zero-order valence-electron chi connectivity index (χ0n) is 75.1. The van der Waals surface area contributed by atoms with Gasteiger partial charge in [-0.2, -0.15) is 0 Å². The number of benzene rings is 10. The van der Waals surface area contributed by atoms with Crippen LogP contribution in [-0.2, 0) is 51.4 Å². The van der Waals surface area contributed by atoms with Crippen LogP contribution in [0.3, 0.4) is 0 Å². The molecule has 0 N–H and O–H groups in total. The molecule has 118 heavy (non-hydrogen) atoms. The Morgan fingerprint density at radius 3 is 0.780 bits per heavy atom. The van der Waals surface area contributed by atoms with Crippen molar-refractivity contribution in [1.29, 1.82) is 0 Å². The molecule has 0 saturated heterocycles. The van der Waals surface area contributed by atoms with Crippen molar-refractivity contribution in [2.24, 2.45) is 29.6 Å². The van der Waals surface area contributed by atoms with Gasteiger partial charge in [0.2, 0.25) is 0 Å². The van der Waals surface area contributed by atoms with Crippen molar-refractivity contribution < 1.29 is 0 Å². The summed E-state index contributed by atoms with van der Waals surface area (Å²) in [6, 6.07) is 78.7. The molecule has 0 amide bonds. The van der Waals surface area contributed by atoms with Crippen molar-refractivity contribution in [1.82, 2.24) is 24.9 Å². The Balaban J connectivity index is 0.000000145. The van der Waals surface area contributed by atoms with Gasteiger partial charge in [-0.1, -0.05) is 265 Å². The molecular formula is C113H131N5. The molecule has 10 aromatic carbocycles. The highest BCUT2D eigenvalue weighted by atomic mass is 14.7. The number of hydrogen-bond donors (Lipinski definition) is 0. The molecule has 5 nitrogen and oxygen atoms in total. The van der Waals surface area contributed by atoms with Crippen LogP contribution in [0.5, 0.6) is 0 Å². The largest absolute Gasteiger partial charge is 0.256 e. The Morgan fingerprint density at radius 2 is 0.492 bits per heavy atom. The smallest absolute Gasteiger partial charge is 0.0780 e. The van der Waals surface area contributed by atoms with Crippen molar-refractivity contribution >= 4 is 53.9 Å². The fourth-order valence-electron chi connectivity index (χ4n) is 16.8. The van der Waals surface area contributed by atoms with E-state index in [2.05, 4.69) is 373 Å². The highest BCUT2D eigenvalue weighted by molar-refractivity contribution is 5.99. The molecule has 0 radical (unpaired) electrons. The summed E-state index contributed by atoms with van der Waals surface area (Å²) in [4.78, 5) is 23.5. The molecule has 15 rings (SSSR count). The molecule has 0 aliphatic carbocycles. The van der Waals surface area contributed by atoms with Gasteiger partial charge in [-0.05, 0) is 309 Å². The third-order valence-corrected chi connectivity index (χ3v) is 22.3. The number of hydrogen-bond acceptors (Lipinski definition) is 5. The lowest BCUT2D eigenvalue weighted by Gasteiger charge is -2.14. The van der Waals surface area contributed by atoms with Gasteiger partial charge >= 0.3 is 0 Å². The molecule has 5 aromatic heterocycles. The van der Waals surface area contributed by atoms with E-state index < -0.39 is 0 Å². The summed E-state index contributed by atoms with van der Waals surface area (Å²) in [5, 5.41) is 12.7. The molecule has 1 atom stereocenters. The van der Waals surface area contributed by atoms with Crippen molar-refractivity contribution in [3.63, 3.8) is 0 Å². The van der Waals surface area contributed by atoms with E-state index in [9.17, 15) is 0 Å². The molecule has 0 spiro atoms. The molecule has 5 heteroatoms. The Bertz CT molecular complexity index is 5780. The van der Waals surface area contributed by atoms with Gasteiger partial charge in [-0.3, -0.25) is 24.9 Å². The number of pyridine rings is 5. The maximum atomic E-state index is 4.81. The average molecular weight is 1560 g/mol. The normalized spacial score (nSPS) is 11.6. The molecule has 0 fully saturated rings. The van der Waals surface area contributed by atoms with Crippen molar-refractivity contribution in [2.75, 3.05) is 0 Å². The Kier molecular flexibility index (Phi) is 31.0. The topological polar surface area (TPSA) is 64.5 Å². The predicted octanol–water partition coefficient (Wildman–Crippen LogP) is 31.3. The summed E-state index contributed by atoms with van der Waals surface area (Å²) in [6.07, 6.45) is 22.2. The van der Waals surface area contributed by atoms with E-state index in [1.54, 1.807) is 0 Å². The van der Waals surface area contributed by atoms with Crippen LogP contribution in [-0.4, -0.2) is 24.9 Å². The lowest BCUT2D eigenvalue weighted by molar-refractivity contribution is 0.636. The Morgan fingerprint density at radius 1 is 0.237 bits per heavy atom. The third kappa shape index (κ3) is 24.0. The SMILES string of the molecule is CC(C)Cc1cc(CC(C)C)cc(-c2nccc3cc(CC(C)C)ccc23)c1.CCC(C)c1ccc2c(-c3cc(C)cc(C)c3)nccc2c1.CCCCc1ccc2c(-c3cc(C)cc(C)c3)nccc2c1.CCc1cc(CC)cc(-c2nccc3cc(CC(C)C)ccc23)c1.Cc1cc(C)cc(-c2nccc3cc(CC(C)C)ccc23)c1. The van der Waals surface area contributed by atoms with Gasteiger partial charge in [-0.25, -0.2) is 0 Å². The predicted molar refractivity (Wildman–Crippen MR) is 513 cm³/mol. The van der Waals surface area contributed by atoms with Gasteiger partial charge < -0.3 is 0 Å². The van der Waals surface area contributed by atoms with Crippen LogP contribution in [0.25, 0.3) is 110 Å². The van der Waals surface area contributed by atoms with Crippen LogP contribution in [0.15, 0.2) is 243 Å². The summed E-state index contributed by atoms with van der Waals surface area (Å²) in [7, 11) is 0. The molecule has 0 saturated carbocycles. The number of aryl methyl sites for hydroxylation is 9. The van der Waals surface area contributed by atoms with E-state index in [0.29, 0.717) is 35.5 Å². The van der Waals surface area contributed by atoms with E-state index >= 15 is 0 Å². The number of aromatic nitrogens is 5. The van der Waals surface area contributed by atoms with E-state index in [4.69, 9.17) is 9.97 Å². The summed E-state index contributed by atoms with van der Waals surface area (Å²) < 4.78 is 0. The number of nitrogens with zero attached hydrogens (tertiary/aromatic N) is 5. The maximum absolute atomic E-state index is 4.81. The molecule has 0 aliphatic heterocycles. The average Bonchev–Trinajstić information content (AvgIpc) is 0.811. The molecule has 0 bridgehead atoms. The standard InChI is InChI=1S/C27H35N.C23H27N.3C21H23N/c1-18(2)11-21-7-8-26-24(15-21)9-10-28-27(26)25-16-22(12-19(3)4)14-23(17-25)13-20(5)6;1-5-17-12-18(6-2)14-21(13-17)23-22-8-7-19(11-16(3)4)15-20(22)9-10-24-23;1-14(2)9-17-5-6-20-18(13-17)7-8-22-21(20)19-11-15(3)10-16(4)12-19;1-5-16(4)17-6-7-20-18(13-17)8-9-22-21(20)19-11-14(2)10-15(3)12-19;1-4-5-6-17-7-8-20-18(14-17)9-10-22-21(20)19-12-15(2)11-16(3)13-19/h7-10,14-20H,11-13H2,1-6H3;7-10,12-16H,5-6,11H2,1-4H3;5-8,10-14H,9H2,1-4H3;6-13,16H,5H2,1-4H3;7-14H,4-6H2,1-3H3. The number of unbranched alkanes of at least 4 members (excludes halogenated alkanes) is 1. The molecule has 5 heterocycles. The quantitative estimate of drug-likeness (QED) is 0.0677. The fraction of sp³-hybridized carbons (Fsp3) is 0.336. The highest BCUT2D eigenvalue weighted by Gasteiger charge is 2.17. The van der Waals surface area contributed by atoms with Gasteiger partial charge in [0.15, 0.2) is 0 Å². The second-order valence-corrected chi connectivity index (χ2v) is 35.8. The van der Waals surface area contributed by atoms with Crippen molar-refractivity contribution in [3.05, 3.63) is 327 Å². The third-order valence-electron chi connectivity index (χ3n) is 22.3. The minimum Gasteiger partial charge on any atom is -0.256 e. The zero-order valence-corrected chi connectivity index (χ0v) is 75.1. The Labute approximate surface area is 708 Å². The van der Waals surface area contributed by atoms with Crippen molar-refractivity contribution in [3.8, 4) is 56.3 Å². The van der Waals surface area contributed by atoms with Gasteiger partial charge in [-0.15, -0.1) is 0 Å². The van der Waals surface area contributed by atoms with Crippen LogP contribution >= 0.6 is 0 Å². The van der Waals surface area contributed by atoms with Gasteiger partial charge in [0.25, 0.3) is 0 Å². The summed E-state index contributed by atoms with van der Waals surface area (Å²) in [6.45, 7) is 46.8. The van der Waals surface area contributed by atoms with Crippen molar-refractivity contribution in [2.45, 2.75) is 222 Å². The lowest BCUT2D eigenvalue weighted by Crippen LogP contribution is -2.00. The summed E-state index contributed by atoms with van der Waals surface area (Å²) in [5.74, 6) is 3.94. The summed E-state index contributed by atoms with van der Waals surface area (Å²) in [5.41, 5.74) is 32.0. The highest BCUT2D eigenvalue weighted by Crippen LogP contribution is 2.37. The van der Waals surface area contributed by atoms with Crippen LogP contribution in [0.4, 0.5) is 0 Å². The van der Waals surface area contributed by atoms with Crippen LogP contribution < -0.4 is 0 Å². The molecular weight excluding hydrogens is 1430 g/mol. The monoisotopic (exact) mass is 1560 g/mol. The molecule has 1 unspecified atom stereocenters. The molecule has 0 aliphatic rings. The molecule has 608 valence electrons. The molecule has 15 aromatic rings. The minimum atomic E-state index is 0.599. The lowest BCUT2D eigenvalue weighted by atomic mass is 9.92. The van der Waals surface area contributed by atoms with Gasteiger partial charge in [0.1, 0.15) is 0 Å². The van der Waals surface area contributed by atoms with Gasteiger partial charge in [0, 0.05) is 85.7 Å². The maximum Gasteiger partial charge on any atom is 0.0780 e. The number of fused-ring (bicyclic) bond motifs is 5. The zero-order chi connectivity index (χ0) is 84.3. The van der Waals surface area contributed by atoms with Crippen LogP contribution in [0.1, 0.15) is 212 Å². The first-order valence-corrected chi connectivity index (χ1v) is 44.1. The van der Waals surface area contributed by atoms with E-state index in [1.165, 1.54) is 184 Å². The van der Waals surface area contributed by atoms with Crippen LogP contribution in [0, 0.1) is 71.1 Å².